The predicted molar refractivity (Wildman–Crippen MR) is 49.8 cm³/mol. The minimum absolute atomic E-state index is 0.119. The summed E-state index contributed by atoms with van der Waals surface area (Å²) in [6.45, 7) is 0. The summed E-state index contributed by atoms with van der Waals surface area (Å²) >= 11 is 0. The quantitative estimate of drug-likeness (QED) is 0.414. The topological polar surface area (TPSA) is 106 Å². The summed E-state index contributed by atoms with van der Waals surface area (Å²) in [6.07, 6.45) is 0. The number of nitrogens with one attached hydrogen (secondary N) is 1. The standard InChI is InChI=1S/C8H4N2O5/c11-7-6-4(9-15-8(7)12)2-1-3-5(6)10(13)14/h1-3,9H. The van der Waals surface area contributed by atoms with Crippen molar-refractivity contribution in [1.82, 2.24) is 5.16 Å². The van der Waals surface area contributed by atoms with Gasteiger partial charge in [-0.25, -0.2) is 9.95 Å². The zero-order chi connectivity index (χ0) is 11.0. The summed E-state index contributed by atoms with van der Waals surface area (Å²) in [4.78, 5) is 32.1. The van der Waals surface area contributed by atoms with Crippen LogP contribution in [0.2, 0.25) is 0 Å². The summed E-state index contributed by atoms with van der Waals surface area (Å²) < 4.78 is 4.29. The molecule has 0 spiro atoms. The molecule has 15 heavy (non-hydrogen) atoms. The fraction of sp³-hybridized carbons (Fsp3) is 0. The molecule has 0 aliphatic carbocycles. The Morgan fingerprint density at radius 2 is 2.07 bits per heavy atom. The van der Waals surface area contributed by atoms with Gasteiger partial charge in [0.1, 0.15) is 5.39 Å². The van der Waals surface area contributed by atoms with Crippen LogP contribution in [0.15, 0.2) is 32.3 Å². The molecule has 76 valence electrons. The zero-order valence-electron chi connectivity index (χ0n) is 7.22. The average Bonchev–Trinajstić information content (AvgIpc) is 2.23. The lowest BCUT2D eigenvalue weighted by atomic mass is 10.2. The van der Waals surface area contributed by atoms with Gasteiger partial charge in [-0.1, -0.05) is 6.07 Å². The van der Waals surface area contributed by atoms with Gasteiger partial charge in [-0.2, -0.15) is 0 Å². The third-order valence-electron chi connectivity index (χ3n) is 1.91. The van der Waals surface area contributed by atoms with E-state index in [0.29, 0.717) is 0 Å². The van der Waals surface area contributed by atoms with Crippen molar-refractivity contribution in [3.05, 3.63) is 49.0 Å². The van der Waals surface area contributed by atoms with E-state index in [4.69, 9.17) is 0 Å². The van der Waals surface area contributed by atoms with Crippen LogP contribution >= 0.6 is 0 Å². The summed E-state index contributed by atoms with van der Waals surface area (Å²) in [5.74, 6) is 0. The molecule has 1 aromatic carbocycles. The number of rotatable bonds is 1. The van der Waals surface area contributed by atoms with Crippen LogP contribution in [0.25, 0.3) is 10.9 Å². The van der Waals surface area contributed by atoms with Gasteiger partial charge in [0.15, 0.2) is 0 Å². The highest BCUT2D eigenvalue weighted by Crippen LogP contribution is 2.19. The van der Waals surface area contributed by atoms with Gasteiger partial charge in [0.25, 0.3) is 11.1 Å². The highest BCUT2D eigenvalue weighted by atomic mass is 16.6. The molecule has 0 saturated carbocycles. The van der Waals surface area contributed by atoms with Crippen molar-refractivity contribution < 1.29 is 9.45 Å². The maximum absolute atomic E-state index is 11.3. The van der Waals surface area contributed by atoms with Crippen LogP contribution in [0.4, 0.5) is 5.69 Å². The maximum atomic E-state index is 11.3. The molecule has 1 heterocycles. The second-order valence-electron chi connectivity index (χ2n) is 2.78. The minimum atomic E-state index is -1.16. The smallest absolute Gasteiger partial charge is 0.335 e. The second kappa shape index (κ2) is 3.05. The SMILES string of the molecule is O=c1o[nH]c2cccc([N+](=O)[O-])c2c1=O. The lowest BCUT2D eigenvalue weighted by molar-refractivity contribution is -0.383. The molecular formula is C8H4N2O5. The molecule has 0 amide bonds. The van der Waals surface area contributed by atoms with Gasteiger partial charge in [-0.3, -0.25) is 14.9 Å². The molecule has 0 fully saturated rings. The minimum Gasteiger partial charge on any atom is -0.335 e. The van der Waals surface area contributed by atoms with Crippen LogP contribution in [0, 0.1) is 10.1 Å². The van der Waals surface area contributed by atoms with Crippen LogP contribution in [0.5, 0.6) is 0 Å². The first-order chi connectivity index (χ1) is 7.11. The molecule has 0 saturated heterocycles. The van der Waals surface area contributed by atoms with E-state index in [-0.39, 0.29) is 10.9 Å². The Labute approximate surface area is 81.1 Å². The number of aromatic amines is 1. The average molecular weight is 208 g/mol. The molecule has 2 aromatic rings. The predicted octanol–water partition coefficient (Wildman–Crippen LogP) is 0.389. The molecular weight excluding hydrogens is 204 g/mol. The summed E-state index contributed by atoms with van der Waals surface area (Å²) in [5, 5.41) is 12.5. The molecule has 0 bridgehead atoms. The summed E-state index contributed by atoms with van der Waals surface area (Å²) in [7, 11) is 0. The van der Waals surface area contributed by atoms with Gasteiger partial charge in [0, 0.05) is 6.07 Å². The largest absolute Gasteiger partial charge is 0.404 e. The third kappa shape index (κ3) is 1.30. The molecule has 1 aromatic heterocycles. The molecule has 0 aliphatic heterocycles. The van der Waals surface area contributed by atoms with Crippen LogP contribution < -0.4 is 11.1 Å². The normalized spacial score (nSPS) is 10.4. The lowest BCUT2D eigenvalue weighted by Gasteiger charge is -1.95. The third-order valence-corrected chi connectivity index (χ3v) is 1.91. The van der Waals surface area contributed by atoms with Gasteiger partial charge in [0.05, 0.1) is 10.4 Å². The zero-order valence-corrected chi connectivity index (χ0v) is 7.22. The number of benzene rings is 1. The Balaban J connectivity index is 3.08. The highest BCUT2D eigenvalue weighted by molar-refractivity contribution is 5.86. The van der Waals surface area contributed by atoms with Crippen LogP contribution in [0.3, 0.4) is 0 Å². The maximum Gasteiger partial charge on any atom is 0.404 e. The number of non-ortho nitro benzene ring substituents is 1. The molecule has 1 N–H and O–H groups in total. The van der Waals surface area contributed by atoms with Gasteiger partial charge in [0.2, 0.25) is 0 Å². The number of H-pyrrole nitrogens is 1. The van der Waals surface area contributed by atoms with E-state index >= 15 is 0 Å². The Hall–Kier alpha value is -2.44. The number of hydrogen-bond donors (Lipinski definition) is 1. The van der Waals surface area contributed by atoms with Crippen molar-refractivity contribution in [3.8, 4) is 0 Å². The van der Waals surface area contributed by atoms with Crippen molar-refractivity contribution >= 4 is 16.6 Å². The van der Waals surface area contributed by atoms with Crippen molar-refractivity contribution in [2.75, 3.05) is 0 Å². The highest BCUT2D eigenvalue weighted by Gasteiger charge is 2.16. The first-order valence-corrected chi connectivity index (χ1v) is 3.90. The molecule has 2 rings (SSSR count). The summed E-state index contributed by atoms with van der Waals surface area (Å²) in [5.41, 5.74) is -2.47. The summed E-state index contributed by atoms with van der Waals surface area (Å²) in [6, 6.07) is 3.94. The first-order valence-electron chi connectivity index (χ1n) is 3.90. The molecule has 7 nitrogen and oxygen atoms in total. The Bertz CT molecular complexity index is 654. The molecule has 0 atom stereocenters. The molecule has 0 aliphatic rings. The molecule has 0 radical (unpaired) electrons. The number of nitro benzene ring substituents is 1. The Kier molecular flexibility index (Phi) is 1.86. The van der Waals surface area contributed by atoms with E-state index in [2.05, 4.69) is 9.68 Å². The van der Waals surface area contributed by atoms with Crippen molar-refractivity contribution in [3.63, 3.8) is 0 Å². The number of fused-ring (bicyclic) bond motifs is 1. The van der Waals surface area contributed by atoms with Gasteiger partial charge >= 0.3 is 5.63 Å². The van der Waals surface area contributed by atoms with Crippen molar-refractivity contribution in [2.45, 2.75) is 0 Å². The van der Waals surface area contributed by atoms with Crippen LogP contribution in [-0.2, 0) is 0 Å². The van der Waals surface area contributed by atoms with Gasteiger partial charge in [-0.15, -0.1) is 0 Å². The monoisotopic (exact) mass is 208 g/mol. The Morgan fingerprint density at radius 1 is 1.33 bits per heavy atom. The number of nitrogens with zero attached hydrogens (tertiary/aromatic N) is 1. The number of aromatic nitrogens is 1. The lowest BCUT2D eigenvalue weighted by Crippen LogP contribution is -2.24. The fourth-order valence-electron chi connectivity index (χ4n) is 1.27. The number of hydrogen-bond acceptors (Lipinski definition) is 5. The molecule has 0 unspecified atom stereocenters. The second-order valence-corrected chi connectivity index (χ2v) is 2.78. The van der Waals surface area contributed by atoms with Gasteiger partial charge in [-0.05, 0) is 6.07 Å². The molecule has 7 heteroatoms. The number of nitro groups is 1. The van der Waals surface area contributed by atoms with E-state index in [1.807, 2.05) is 0 Å². The van der Waals surface area contributed by atoms with E-state index in [9.17, 15) is 19.7 Å². The van der Waals surface area contributed by atoms with E-state index in [0.717, 1.165) is 6.07 Å². The van der Waals surface area contributed by atoms with Crippen LogP contribution in [0.1, 0.15) is 0 Å². The van der Waals surface area contributed by atoms with E-state index < -0.39 is 21.7 Å². The van der Waals surface area contributed by atoms with E-state index in [1.165, 1.54) is 12.1 Å². The van der Waals surface area contributed by atoms with Crippen LogP contribution in [-0.4, -0.2) is 10.1 Å². The van der Waals surface area contributed by atoms with Gasteiger partial charge < -0.3 is 4.52 Å². The fourth-order valence-corrected chi connectivity index (χ4v) is 1.27. The Morgan fingerprint density at radius 3 is 2.73 bits per heavy atom. The van der Waals surface area contributed by atoms with E-state index in [1.54, 1.807) is 0 Å². The van der Waals surface area contributed by atoms with Crippen molar-refractivity contribution in [1.29, 1.82) is 0 Å². The first kappa shape index (κ1) is 9.13. The van der Waals surface area contributed by atoms with Crippen molar-refractivity contribution in [2.24, 2.45) is 0 Å².